The maximum atomic E-state index is 12.4. The standard InChI is InChI=1S/C21H21N3O4/c1-3-18(20(25)24-16-8-10-17(27-2)11-9-16)28-21(26)15-6-4-14(5-7-15)19-22-12-13-23-19/h4-13,18H,3H2,1-2H3,(H,22,23)(H,24,25). The van der Waals surface area contributed by atoms with Crippen LogP contribution in [0.1, 0.15) is 23.7 Å². The Kier molecular flexibility index (Phi) is 6.06. The van der Waals surface area contributed by atoms with Gasteiger partial charge in [-0.05, 0) is 42.8 Å². The molecule has 1 aromatic heterocycles. The van der Waals surface area contributed by atoms with E-state index in [1.807, 2.05) is 0 Å². The van der Waals surface area contributed by atoms with Crippen LogP contribution in [0.3, 0.4) is 0 Å². The number of carbonyl (C=O) groups excluding carboxylic acids is 2. The fourth-order valence-corrected chi connectivity index (χ4v) is 2.60. The third kappa shape index (κ3) is 4.56. The quantitative estimate of drug-likeness (QED) is 0.611. The summed E-state index contributed by atoms with van der Waals surface area (Å²) in [4.78, 5) is 32.0. The van der Waals surface area contributed by atoms with Crippen LogP contribution in [0.5, 0.6) is 5.75 Å². The van der Waals surface area contributed by atoms with Gasteiger partial charge < -0.3 is 19.8 Å². The van der Waals surface area contributed by atoms with E-state index in [9.17, 15) is 9.59 Å². The second kappa shape index (κ2) is 8.85. The average molecular weight is 379 g/mol. The number of esters is 1. The molecule has 0 saturated carbocycles. The van der Waals surface area contributed by atoms with Crippen molar-refractivity contribution in [2.24, 2.45) is 0 Å². The molecule has 0 aliphatic rings. The number of anilines is 1. The first-order valence-electron chi connectivity index (χ1n) is 8.86. The third-order valence-electron chi connectivity index (χ3n) is 4.16. The van der Waals surface area contributed by atoms with Gasteiger partial charge in [-0.3, -0.25) is 4.79 Å². The Bertz CT molecular complexity index is 919. The molecule has 0 saturated heterocycles. The largest absolute Gasteiger partial charge is 0.497 e. The zero-order valence-electron chi connectivity index (χ0n) is 15.6. The van der Waals surface area contributed by atoms with Crippen LogP contribution in [-0.4, -0.2) is 35.1 Å². The summed E-state index contributed by atoms with van der Waals surface area (Å²) in [7, 11) is 1.57. The van der Waals surface area contributed by atoms with E-state index in [1.165, 1.54) is 0 Å². The fourth-order valence-electron chi connectivity index (χ4n) is 2.60. The van der Waals surface area contributed by atoms with Gasteiger partial charge in [0.05, 0.1) is 12.7 Å². The summed E-state index contributed by atoms with van der Waals surface area (Å²) in [6, 6.07) is 13.8. The molecule has 0 radical (unpaired) electrons. The van der Waals surface area contributed by atoms with Crippen LogP contribution < -0.4 is 10.1 Å². The van der Waals surface area contributed by atoms with Crippen molar-refractivity contribution in [1.82, 2.24) is 9.97 Å². The van der Waals surface area contributed by atoms with Crippen molar-refractivity contribution in [1.29, 1.82) is 0 Å². The molecule has 0 aliphatic heterocycles. The number of H-pyrrole nitrogens is 1. The van der Waals surface area contributed by atoms with Crippen LogP contribution in [0, 0.1) is 0 Å². The topological polar surface area (TPSA) is 93.3 Å². The molecule has 1 heterocycles. The van der Waals surface area contributed by atoms with Gasteiger partial charge in [-0.15, -0.1) is 0 Å². The maximum absolute atomic E-state index is 12.4. The molecule has 1 unspecified atom stereocenters. The minimum Gasteiger partial charge on any atom is -0.497 e. The Balaban J connectivity index is 1.62. The first-order chi connectivity index (χ1) is 13.6. The summed E-state index contributed by atoms with van der Waals surface area (Å²) in [5.41, 5.74) is 1.82. The molecule has 1 atom stereocenters. The molecule has 0 aliphatic carbocycles. The minimum absolute atomic E-state index is 0.359. The summed E-state index contributed by atoms with van der Waals surface area (Å²) in [5, 5.41) is 2.74. The predicted molar refractivity (Wildman–Crippen MR) is 105 cm³/mol. The average Bonchev–Trinajstić information content (AvgIpc) is 3.27. The number of nitrogens with one attached hydrogen (secondary N) is 2. The Hall–Kier alpha value is -3.61. The Morgan fingerprint density at radius 3 is 2.39 bits per heavy atom. The van der Waals surface area contributed by atoms with E-state index >= 15 is 0 Å². The number of methoxy groups -OCH3 is 1. The van der Waals surface area contributed by atoms with E-state index in [2.05, 4.69) is 15.3 Å². The second-order valence-corrected chi connectivity index (χ2v) is 6.04. The molecule has 1 amide bonds. The van der Waals surface area contributed by atoms with E-state index in [0.717, 1.165) is 5.56 Å². The van der Waals surface area contributed by atoms with Crippen LogP contribution >= 0.6 is 0 Å². The maximum Gasteiger partial charge on any atom is 0.338 e. The van der Waals surface area contributed by atoms with Crippen molar-refractivity contribution in [2.45, 2.75) is 19.4 Å². The van der Waals surface area contributed by atoms with Gasteiger partial charge in [0.1, 0.15) is 11.6 Å². The molecule has 0 bridgehead atoms. The van der Waals surface area contributed by atoms with E-state index in [1.54, 1.807) is 75.0 Å². The Labute approximate surface area is 162 Å². The molecule has 28 heavy (non-hydrogen) atoms. The Morgan fingerprint density at radius 2 is 1.82 bits per heavy atom. The van der Waals surface area contributed by atoms with E-state index < -0.39 is 12.1 Å². The molecular weight excluding hydrogens is 358 g/mol. The number of benzene rings is 2. The second-order valence-electron chi connectivity index (χ2n) is 6.04. The lowest BCUT2D eigenvalue weighted by Gasteiger charge is -2.16. The van der Waals surface area contributed by atoms with Gasteiger partial charge in [0.15, 0.2) is 6.10 Å². The molecule has 3 aromatic rings. The van der Waals surface area contributed by atoms with Gasteiger partial charge in [-0.25, -0.2) is 9.78 Å². The fraction of sp³-hybridized carbons (Fsp3) is 0.190. The highest BCUT2D eigenvalue weighted by Gasteiger charge is 2.22. The van der Waals surface area contributed by atoms with Crippen molar-refractivity contribution in [2.75, 3.05) is 12.4 Å². The number of aromatic nitrogens is 2. The zero-order valence-corrected chi connectivity index (χ0v) is 15.6. The molecule has 2 N–H and O–H groups in total. The van der Waals surface area contributed by atoms with E-state index in [-0.39, 0.29) is 5.91 Å². The van der Waals surface area contributed by atoms with Crippen LogP contribution in [0.2, 0.25) is 0 Å². The first kappa shape index (κ1) is 19.2. The number of carbonyl (C=O) groups is 2. The molecule has 7 nitrogen and oxygen atoms in total. The highest BCUT2D eigenvalue weighted by molar-refractivity contribution is 5.97. The van der Waals surface area contributed by atoms with Gasteiger partial charge >= 0.3 is 5.97 Å². The number of rotatable bonds is 7. The third-order valence-corrected chi connectivity index (χ3v) is 4.16. The van der Waals surface area contributed by atoms with Crippen LogP contribution in [0.25, 0.3) is 11.4 Å². The number of nitrogens with zero attached hydrogens (tertiary/aromatic N) is 1. The van der Waals surface area contributed by atoms with Gasteiger partial charge in [0.25, 0.3) is 5.91 Å². The summed E-state index contributed by atoms with van der Waals surface area (Å²) >= 11 is 0. The number of hydrogen-bond acceptors (Lipinski definition) is 5. The first-order valence-corrected chi connectivity index (χ1v) is 8.86. The van der Waals surface area contributed by atoms with Gasteiger partial charge in [-0.1, -0.05) is 19.1 Å². The number of amides is 1. The Morgan fingerprint density at radius 1 is 1.11 bits per heavy atom. The normalized spacial score (nSPS) is 11.5. The highest BCUT2D eigenvalue weighted by Crippen LogP contribution is 2.18. The zero-order chi connectivity index (χ0) is 19.9. The van der Waals surface area contributed by atoms with Crippen molar-refractivity contribution in [3.8, 4) is 17.1 Å². The lowest BCUT2D eigenvalue weighted by molar-refractivity contribution is -0.124. The lowest BCUT2D eigenvalue weighted by atomic mass is 10.1. The molecular formula is C21H21N3O4. The SMILES string of the molecule is CCC(OC(=O)c1ccc(-c2ncc[nH]2)cc1)C(=O)Nc1ccc(OC)cc1. The minimum atomic E-state index is -0.889. The summed E-state index contributed by atoms with van der Waals surface area (Å²) in [5.74, 6) is 0.468. The number of imidazole rings is 1. The predicted octanol–water partition coefficient (Wildman–Crippen LogP) is 3.66. The molecule has 7 heteroatoms. The van der Waals surface area contributed by atoms with Crippen molar-refractivity contribution >= 4 is 17.6 Å². The van der Waals surface area contributed by atoms with Crippen molar-refractivity contribution in [3.63, 3.8) is 0 Å². The van der Waals surface area contributed by atoms with Gasteiger partial charge in [0.2, 0.25) is 0 Å². The summed E-state index contributed by atoms with van der Waals surface area (Å²) in [6.45, 7) is 1.78. The van der Waals surface area contributed by atoms with Gasteiger partial charge in [0, 0.05) is 23.6 Å². The summed E-state index contributed by atoms with van der Waals surface area (Å²) in [6.07, 6.45) is 2.85. The molecule has 144 valence electrons. The van der Waals surface area contributed by atoms with Gasteiger partial charge in [-0.2, -0.15) is 0 Å². The van der Waals surface area contributed by atoms with Crippen molar-refractivity contribution in [3.05, 3.63) is 66.5 Å². The van der Waals surface area contributed by atoms with Crippen LogP contribution in [-0.2, 0) is 9.53 Å². The van der Waals surface area contributed by atoms with Crippen LogP contribution in [0.15, 0.2) is 60.9 Å². The molecule has 3 rings (SSSR count). The molecule has 0 spiro atoms. The lowest BCUT2D eigenvalue weighted by Crippen LogP contribution is -2.32. The molecule has 2 aromatic carbocycles. The van der Waals surface area contributed by atoms with E-state index in [0.29, 0.717) is 29.2 Å². The number of ether oxygens (including phenoxy) is 2. The number of hydrogen-bond donors (Lipinski definition) is 2. The van der Waals surface area contributed by atoms with Crippen LogP contribution in [0.4, 0.5) is 5.69 Å². The highest BCUT2D eigenvalue weighted by atomic mass is 16.5. The molecule has 0 fully saturated rings. The smallest absolute Gasteiger partial charge is 0.338 e. The summed E-state index contributed by atoms with van der Waals surface area (Å²) < 4.78 is 10.5. The van der Waals surface area contributed by atoms with E-state index in [4.69, 9.17) is 9.47 Å². The number of aromatic amines is 1. The monoisotopic (exact) mass is 379 g/mol. The van der Waals surface area contributed by atoms with Crippen molar-refractivity contribution < 1.29 is 19.1 Å².